The molecule has 10 rings (SSSR count). The number of aliphatic hydroxyl groups is 1. The number of hydrogen-bond donors (Lipinski definition) is 18. The summed E-state index contributed by atoms with van der Waals surface area (Å²) in [6.45, 7) is 9.96. The highest BCUT2D eigenvalue weighted by Crippen LogP contribution is 2.31. The zero-order valence-electron chi connectivity index (χ0n) is 64.2. The number of para-hydroxylation sites is 1. The molecule has 2 saturated heterocycles. The molecule has 4 aromatic carbocycles. The summed E-state index contributed by atoms with van der Waals surface area (Å²) in [6.07, 6.45) is 13.1. The maximum absolute atomic E-state index is 14.7. The fourth-order valence-corrected chi connectivity index (χ4v) is 13.5. The number of carboxylic acid groups (broad SMARTS) is 1. The maximum atomic E-state index is 14.7. The van der Waals surface area contributed by atoms with Gasteiger partial charge in [0.1, 0.15) is 60.1 Å². The molecule has 0 aliphatic carbocycles. The van der Waals surface area contributed by atoms with Crippen LogP contribution in [0.4, 0.5) is 0 Å². The molecule has 1 unspecified atom stereocenters. The molecule has 2 aliphatic rings. The molecule has 34 nitrogen and oxygen atoms in total. The maximum Gasteiger partial charge on any atom is 0.300 e. The third-order valence-electron chi connectivity index (χ3n) is 18.7. The van der Waals surface area contributed by atoms with Gasteiger partial charge >= 0.3 is 0 Å². The second-order valence-electron chi connectivity index (χ2n) is 28.5. The number of likely N-dealkylation sites (tertiary alicyclic amines) is 1. The van der Waals surface area contributed by atoms with Crippen LogP contribution in [0.2, 0.25) is 5.02 Å². The van der Waals surface area contributed by atoms with Crippen LogP contribution < -0.4 is 58.9 Å². The molecule has 10 atom stereocenters. The molecule has 0 spiro atoms. The van der Waals surface area contributed by atoms with Gasteiger partial charge in [-0.3, -0.25) is 58.1 Å². The van der Waals surface area contributed by atoms with Gasteiger partial charge in [0.25, 0.3) is 5.97 Å². The summed E-state index contributed by atoms with van der Waals surface area (Å²) in [5, 5.41) is 64.3. The van der Waals surface area contributed by atoms with E-state index in [1.54, 1.807) is 57.7 Å². The molecule has 0 radical (unpaired) electrons. The van der Waals surface area contributed by atoms with Gasteiger partial charge in [-0.15, -0.1) is 12.4 Å². The lowest BCUT2D eigenvalue weighted by atomic mass is 9.98. The molecule has 612 valence electrons. The number of nitrogens with zero attached hydrogens (tertiary/aromatic N) is 5. The van der Waals surface area contributed by atoms with Gasteiger partial charge in [0.2, 0.25) is 59.1 Å². The van der Waals surface area contributed by atoms with Crippen LogP contribution >= 0.6 is 24.0 Å². The standard InChI is InChI=1S/C59H84N16O12.C17H13ClN4.C2H4O2.ClH/c1-6-63-57(86)48-14-10-22-75(48)58(87)41(13-9-21-64-59(60)61)68-51(80)42(23-32(2)3)69-52(81)43(24-33(4)5)70-53(82)44(25-34-15-17-37(77)18-16-34)71-56(85)47(30-76)74-54(83)45(26-35-28-65-39-12-8-7-11-38(35)39)72-55(84)46(27-36-29-62-31-66-36)73-50(79)40-19-20-49(78)67-40;18-14-3-1-2-12(8-14)17(22-7-6-19-11-22)13-4-5-15-16(9-13)21-10-20-15;1-2(3)4;/h7-8,11-12,15-18,28-29,31-33,40-48,65,76-77H,6,9-10,13-14,19-27,30H2,1-5H3,(H,62,66)(H,63,86)(H,67,78)(H,68,80)(H,69,81)(H,70,82)(H,71,85)(H,72,84)(H,73,79)(H,74,83)(H4,60,61,64);1-11,17H,(H,20,21);1H3,(H,3,4);1H/t40-,41-,42-,43+,44-,45-,46-,47-,48-;;;/m0.../s1. The van der Waals surface area contributed by atoms with E-state index in [-0.39, 0.29) is 118 Å². The van der Waals surface area contributed by atoms with E-state index < -0.39 is 114 Å². The number of phenolic OH excluding ortho intramolecular Hbond substituents is 1. The lowest BCUT2D eigenvalue weighted by Crippen LogP contribution is -2.61. The number of carboxylic acids is 1. The lowest BCUT2D eigenvalue weighted by molar-refractivity contribution is -0.142. The quantitative estimate of drug-likeness (QED) is 0.0154. The molecule has 0 saturated carbocycles. The van der Waals surface area contributed by atoms with E-state index in [0.29, 0.717) is 48.0 Å². The van der Waals surface area contributed by atoms with Crippen LogP contribution in [0, 0.1) is 17.2 Å². The Morgan fingerprint density at radius 2 is 1.29 bits per heavy atom. The van der Waals surface area contributed by atoms with Crippen LogP contribution in [-0.4, -0.2) is 206 Å². The van der Waals surface area contributed by atoms with E-state index in [4.69, 9.17) is 32.6 Å². The first-order chi connectivity index (χ1) is 54.1. The number of amides is 10. The molecule has 6 heterocycles. The zero-order valence-corrected chi connectivity index (χ0v) is 65.7. The first kappa shape index (κ1) is 89.3. The number of nitrogens with one attached hydrogen (secondary N) is 14. The van der Waals surface area contributed by atoms with Crippen molar-refractivity contribution in [1.29, 1.82) is 5.41 Å². The smallest absolute Gasteiger partial charge is 0.300 e. The summed E-state index contributed by atoms with van der Waals surface area (Å²) < 4.78 is 2.07. The van der Waals surface area contributed by atoms with E-state index >= 15 is 0 Å². The number of phenols is 1. The number of aromatic amines is 3. The molecule has 8 aromatic rings. The molecule has 10 amide bonds. The van der Waals surface area contributed by atoms with E-state index in [1.165, 1.54) is 41.7 Å². The number of aromatic nitrogens is 7. The number of aromatic hydroxyl groups is 1. The van der Waals surface area contributed by atoms with Gasteiger partial charge in [0.15, 0.2) is 5.96 Å². The second-order valence-corrected chi connectivity index (χ2v) is 28.9. The highest BCUT2D eigenvalue weighted by Gasteiger charge is 2.40. The number of likely N-dealkylation sites (N-methyl/N-ethyl adjacent to an activating group) is 1. The summed E-state index contributed by atoms with van der Waals surface area (Å²) in [6, 6.07) is 15.7. The number of H-pyrrole nitrogens is 3. The highest BCUT2D eigenvalue weighted by atomic mass is 35.5. The summed E-state index contributed by atoms with van der Waals surface area (Å²) in [5.74, 6) is -8.53. The van der Waals surface area contributed by atoms with E-state index in [0.717, 1.165) is 39.6 Å². The fraction of sp³-hybridized carbons (Fsp3) is 0.423. The van der Waals surface area contributed by atoms with Crippen LogP contribution in [0.15, 0.2) is 135 Å². The minimum absolute atomic E-state index is 0. The summed E-state index contributed by atoms with van der Waals surface area (Å²) >= 11 is 6.17. The molecule has 4 aromatic heterocycles. The number of fused-ring (bicyclic) bond motifs is 2. The second kappa shape index (κ2) is 43.8. The number of nitrogens with two attached hydrogens (primary N) is 1. The van der Waals surface area contributed by atoms with Gasteiger partial charge in [0, 0.05) is 98.6 Å². The van der Waals surface area contributed by atoms with E-state index in [9.17, 15) is 58.2 Å². The number of carbonyl (C=O) groups is 11. The number of hydrogen-bond acceptors (Lipinski definition) is 17. The minimum atomic E-state index is -1.75. The summed E-state index contributed by atoms with van der Waals surface area (Å²) in [5.41, 5.74) is 11.9. The monoisotopic (exact) mass is 1610 g/mol. The highest BCUT2D eigenvalue weighted by molar-refractivity contribution is 6.30. The Labute approximate surface area is 669 Å². The third kappa shape index (κ3) is 26.6. The van der Waals surface area contributed by atoms with Crippen LogP contribution in [0.1, 0.15) is 127 Å². The van der Waals surface area contributed by atoms with Crippen molar-refractivity contribution in [3.63, 3.8) is 0 Å². The molecule has 114 heavy (non-hydrogen) atoms. The van der Waals surface area contributed by atoms with Crippen molar-refractivity contribution < 1.29 is 68.1 Å². The van der Waals surface area contributed by atoms with Crippen molar-refractivity contribution in [2.75, 3.05) is 26.2 Å². The number of aliphatic hydroxyl groups excluding tert-OH is 1. The van der Waals surface area contributed by atoms with Gasteiger partial charge in [-0.2, -0.15) is 0 Å². The number of carbonyl (C=O) groups excluding carboxylic acids is 10. The Balaban J connectivity index is 0.000000556. The Morgan fingerprint density at radius 3 is 1.89 bits per heavy atom. The summed E-state index contributed by atoms with van der Waals surface area (Å²) in [4.78, 5) is 172. The number of imidazole rings is 3. The molecule has 2 fully saturated rings. The molecule has 36 heteroatoms. The van der Waals surface area contributed by atoms with Gasteiger partial charge in [-0.1, -0.05) is 87.8 Å². The summed E-state index contributed by atoms with van der Waals surface area (Å²) in [7, 11) is 0. The Hall–Kier alpha value is -11.9. The normalized spacial score (nSPS) is 15.7. The van der Waals surface area contributed by atoms with Crippen LogP contribution in [0.5, 0.6) is 5.75 Å². The van der Waals surface area contributed by atoms with Crippen molar-refractivity contribution in [3.05, 3.63) is 168 Å². The first-order valence-electron chi connectivity index (χ1n) is 37.4. The number of halogens is 2. The topological polar surface area (TPSA) is 513 Å². The number of aliphatic carboxylic acids is 1. The Bertz CT molecular complexity index is 4550. The zero-order chi connectivity index (χ0) is 81.8. The molecular weight excluding hydrogens is 1510 g/mol. The van der Waals surface area contributed by atoms with Gasteiger partial charge in [0.05, 0.1) is 42.7 Å². The number of rotatable bonds is 35. The average molecular weight is 1610 g/mol. The predicted octanol–water partition coefficient (Wildman–Crippen LogP) is 3.33. The third-order valence-corrected chi connectivity index (χ3v) is 18.9. The van der Waals surface area contributed by atoms with Gasteiger partial charge in [-0.05, 0) is 128 Å². The van der Waals surface area contributed by atoms with Crippen molar-refractivity contribution in [1.82, 2.24) is 92.5 Å². The number of guanidine groups is 1. The van der Waals surface area contributed by atoms with Crippen molar-refractivity contribution in [2.45, 2.75) is 173 Å². The van der Waals surface area contributed by atoms with Crippen LogP contribution in [0.3, 0.4) is 0 Å². The minimum Gasteiger partial charge on any atom is -0.508 e. The van der Waals surface area contributed by atoms with Crippen LogP contribution in [0.25, 0.3) is 21.9 Å². The number of benzene rings is 4. The van der Waals surface area contributed by atoms with Crippen molar-refractivity contribution in [2.24, 2.45) is 17.6 Å². The fourth-order valence-electron chi connectivity index (χ4n) is 13.3. The SMILES string of the molecule is CC(=O)O.CCNC(=O)[C@@H]1CCCN1C(=O)[C@H](CCCNC(=N)N)NC(=O)[C@H](CC(C)C)NC(=O)[C@@H](CC(C)C)NC(=O)[C@H](Cc1ccc(O)cc1)NC(=O)[C@H](CO)NC(=O)[C@H](Cc1c[nH]c2ccccc12)NC(=O)[C@H](Cc1cnc[nH]1)NC(=O)[C@@H]1CCC(=O)N1.Cl.Clc1cccc(C(c2ccc3[nH]cnc3c2)n2ccnc2)c1. The molecule has 0 bridgehead atoms. The lowest BCUT2D eigenvalue weighted by Gasteiger charge is -2.31. The predicted molar refractivity (Wildman–Crippen MR) is 427 cm³/mol. The Morgan fingerprint density at radius 1 is 0.675 bits per heavy atom. The van der Waals surface area contributed by atoms with E-state index in [1.807, 2.05) is 56.7 Å². The van der Waals surface area contributed by atoms with Gasteiger partial charge in [-0.25, -0.2) is 15.0 Å². The molecular formula is C78H102Cl2N20O14. The first-order valence-corrected chi connectivity index (χ1v) is 37.8. The molecule has 2 aliphatic heterocycles. The van der Waals surface area contributed by atoms with Crippen molar-refractivity contribution in [3.8, 4) is 5.75 Å². The van der Waals surface area contributed by atoms with Crippen LogP contribution in [-0.2, 0) is 72.0 Å². The Kier molecular flexibility index (Phi) is 34.3. The van der Waals surface area contributed by atoms with Gasteiger partial charge < -0.3 is 98.6 Å². The average Bonchev–Trinajstić information content (AvgIpc) is 1.53. The molecule has 19 N–H and O–H groups in total. The van der Waals surface area contributed by atoms with Crippen molar-refractivity contribution >= 4 is 117 Å². The van der Waals surface area contributed by atoms with E-state index in [2.05, 4.69) is 106 Å². The largest absolute Gasteiger partial charge is 0.508 e.